The van der Waals surface area contributed by atoms with Gasteiger partial charge in [0, 0.05) is 5.75 Å². The predicted molar refractivity (Wildman–Crippen MR) is 58.2 cm³/mol. The first-order chi connectivity index (χ1) is 7.22. The maximum atomic E-state index is 8.99. The predicted octanol–water partition coefficient (Wildman–Crippen LogP) is 0.654. The molecule has 0 saturated heterocycles. The van der Waals surface area contributed by atoms with E-state index in [2.05, 4.69) is 16.4 Å². The van der Waals surface area contributed by atoms with Crippen LogP contribution in [0.3, 0.4) is 0 Å². The first kappa shape index (κ1) is 10.5. The Kier molecular flexibility index (Phi) is 2.67. The maximum Gasteiger partial charge on any atom is 0.150 e. The van der Waals surface area contributed by atoms with Gasteiger partial charge >= 0.3 is 0 Å². The number of nitriles is 1. The molecule has 1 atom stereocenters. The van der Waals surface area contributed by atoms with Gasteiger partial charge in [-0.1, -0.05) is 5.21 Å². The van der Waals surface area contributed by atoms with Gasteiger partial charge in [0.2, 0.25) is 0 Å². The molecule has 1 aliphatic rings. The zero-order valence-electron chi connectivity index (χ0n) is 8.55. The van der Waals surface area contributed by atoms with Crippen molar-refractivity contribution in [2.75, 3.05) is 12.0 Å². The SMILES string of the molecule is CSC[C@H](N)c1cn(C2(C#N)CC2)nn1. The van der Waals surface area contributed by atoms with Gasteiger partial charge in [-0.15, -0.1) is 5.10 Å². The molecule has 1 fully saturated rings. The highest BCUT2D eigenvalue weighted by Crippen LogP contribution is 2.42. The highest BCUT2D eigenvalue weighted by atomic mass is 32.2. The Hall–Kier alpha value is -1.06. The van der Waals surface area contributed by atoms with Gasteiger partial charge < -0.3 is 5.73 Å². The molecule has 1 aliphatic carbocycles. The number of nitrogens with two attached hydrogens (primary N) is 1. The number of nitrogens with zero attached hydrogens (tertiary/aromatic N) is 4. The van der Waals surface area contributed by atoms with E-state index in [1.807, 2.05) is 6.26 Å². The summed E-state index contributed by atoms with van der Waals surface area (Å²) in [6.45, 7) is 0. The third-order valence-electron chi connectivity index (χ3n) is 2.61. The molecule has 1 aromatic rings. The minimum Gasteiger partial charge on any atom is -0.322 e. The van der Waals surface area contributed by atoms with Crippen molar-refractivity contribution < 1.29 is 0 Å². The number of aromatic nitrogens is 3. The fourth-order valence-corrected chi connectivity index (χ4v) is 1.96. The van der Waals surface area contributed by atoms with Crippen LogP contribution in [-0.4, -0.2) is 27.0 Å². The highest BCUT2D eigenvalue weighted by molar-refractivity contribution is 7.98. The summed E-state index contributed by atoms with van der Waals surface area (Å²) in [5, 5.41) is 17.0. The first-order valence-electron chi connectivity index (χ1n) is 4.80. The van der Waals surface area contributed by atoms with Crippen LogP contribution in [0.15, 0.2) is 6.20 Å². The number of rotatable bonds is 4. The lowest BCUT2D eigenvalue weighted by atomic mass is 10.2. The van der Waals surface area contributed by atoms with Crippen LogP contribution in [-0.2, 0) is 5.54 Å². The molecule has 0 amide bonds. The molecular weight excluding hydrogens is 210 g/mol. The summed E-state index contributed by atoms with van der Waals surface area (Å²) >= 11 is 1.68. The van der Waals surface area contributed by atoms with E-state index in [1.54, 1.807) is 22.6 Å². The van der Waals surface area contributed by atoms with Crippen LogP contribution in [0, 0.1) is 11.3 Å². The zero-order chi connectivity index (χ0) is 10.9. The van der Waals surface area contributed by atoms with E-state index in [0.717, 1.165) is 24.3 Å². The lowest BCUT2D eigenvalue weighted by Gasteiger charge is -2.05. The van der Waals surface area contributed by atoms with Crippen molar-refractivity contribution >= 4 is 11.8 Å². The fourth-order valence-electron chi connectivity index (χ4n) is 1.43. The van der Waals surface area contributed by atoms with Gasteiger partial charge in [-0.05, 0) is 19.1 Å². The van der Waals surface area contributed by atoms with Gasteiger partial charge in [0.05, 0.1) is 18.3 Å². The molecule has 15 heavy (non-hydrogen) atoms. The fraction of sp³-hybridized carbons (Fsp3) is 0.667. The van der Waals surface area contributed by atoms with Crippen LogP contribution >= 0.6 is 11.8 Å². The van der Waals surface area contributed by atoms with Gasteiger partial charge in [0.15, 0.2) is 5.54 Å². The van der Waals surface area contributed by atoms with E-state index in [-0.39, 0.29) is 6.04 Å². The van der Waals surface area contributed by atoms with Gasteiger partial charge in [-0.25, -0.2) is 4.68 Å². The summed E-state index contributed by atoms with van der Waals surface area (Å²) in [5.41, 5.74) is 6.25. The van der Waals surface area contributed by atoms with Crippen molar-refractivity contribution in [2.24, 2.45) is 5.73 Å². The summed E-state index contributed by atoms with van der Waals surface area (Å²) in [5.74, 6) is 0.818. The average molecular weight is 223 g/mol. The van der Waals surface area contributed by atoms with Crippen molar-refractivity contribution in [1.29, 1.82) is 5.26 Å². The third kappa shape index (κ3) is 1.85. The van der Waals surface area contributed by atoms with E-state index < -0.39 is 5.54 Å². The van der Waals surface area contributed by atoms with Gasteiger partial charge in [-0.3, -0.25) is 0 Å². The Morgan fingerprint density at radius 1 is 1.80 bits per heavy atom. The second-order valence-electron chi connectivity index (χ2n) is 3.79. The van der Waals surface area contributed by atoms with E-state index in [1.165, 1.54) is 0 Å². The normalized spacial score (nSPS) is 19.5. The zero-order valence-corrected chi connectivity index (χ0v) is 9.37. The van der Waals surface area contributed by atoms with Gasteiger partial charge in [-0.2, -0.15) is 17.0 Å². The molecule has 2 N–H and O–H groups in total. The van der Waals surface area contributed by atoms with Crippen LogP contribution in [0.1, 0.15) is 24.6 Å². The van der Waals surface area contributed by atoms with E-state index in [4.69, 9.17) is 11.0 Å². The molecule has 1 aromatic heterocycles. The summed E-state index contributed by atoms with van der Waals surface area (Å²) in [4.78, 5) is 0. The Bertz CT molecular complexity index is 389. The number of hydrogen-bond donors (Lipinski definition) is 1. The molecule has 0 spiro atoms. The van der Waals surface area contributed by atoms with Crippen LogP contribution in [0.25, 0.3) is 0 Å². The summed E-state index contributed by atoms with van der Waals surface area (Å²) in [6, 6.07) is 2.17. The lowest BCUT2D eigenvalue weighted by molar-refractivity contribution is 0.516. The minimum absolute atomic E-state index is 0.0942. The third-order valence-corrected chi connectivity index (χ3v) is 3.30. The Balaban J connectivity index is 2.15. The molecule has 2 rings (SSSR count). The van der Waals surface area contributed by atoms with Gasteiger partial charge in [0.1, 0.15) is 5.69 Å². The molecular formula is C9H13N5S. The lowest BCUT2D eigenvalue weighted by Crippen LogP contribution is -2.15. The van der Waals surface area contributed by atoms with Crippen LogP contribution < -0.4 is 5.73 Å². The van der Waals surface area contributed by atoms with Crippen molar-refractivity contribution in [1.82, 2.24) is 15.0 Å². The monoisotopic (exact) mass is 223 g/mol. The molecule has 0 bridgehead atoms. The van der Waals surface area contributed by atoms with Crippen molar-refractivity contribution in [2.45, 2.75) is 24.4 Å². The molecule has 0 aromatic carbocycles. The summed E-state index contributed by atoms with van der Waals surface area (Å²) < 4.78 is 1.66. The molecule has 1 saturated carbocycles. The smallest absolute Gasteiger partial charge is 0.150 e. The quantitative estimate of drug-likeness (QED) is 0.810. The summed E-state index contributed by atoms with van der Waals surface area (Å²) in [6.07, 6.45) is 5.53. The van der Waals surface area contributed by atoms with E-state index in [9.17, 15) is 0 Å². The Morgan fingerprint density at radius 3 is 3.07 bits per heavy atom. The number of thioether (sulfide) groups is 1. The second-order valence-corrected chi connectivity index (χ2v) is 4.70. The molecule has 5 nitrogen and oxygen atoms in total. The molecule has 0 unspecified atom stereocenters. The van der Waals surface area contributed by atoms with E-state index in [0.29, 0.717) is 0 Å². The maximum absolute atomic E-state index is 8.99. The van der Waals surface area contributed by atoms with Crippen molar-refractivity contribution in [3.8, 4) is 6.07 Å². The Morgan fingerprint density at radius 2 is 2.53 bits per heavy atom. The number of hydrogen-bond acceptors (Lipinski definition) is 5. The largest absolute Gasteiger partial charge is 0.322 e. The standard InChI is InChI=1S/C9H13N5S/c1-15-5-7(11)8-4-14(13-12-8)9(6-10)2-3-9/h4,7H,2-3,5,11H2,1H3/t7-/m0/s1. The Labute approximate surface area is 92.6 Å². The molecule has 80 valence electrons. The van der Waals surface area contributed by atoms with Crippen molar-refractivity contribution in [3.63, 3.8) is 0 Å². The summed E-state index contributed by atoms with van der Waals surface area (Å²) in [7, 11) is 0. The molecule has 1 heterocycles. The van der Waals surface area contributed by atoms with E-state index >= 15 is 0 Å². The van der Waals surface area contributed by atoms with Crippen LogP contribution in [0.4, 0.5) is 0 Å². The molecule has 0 aliphatic heterocycles. The molecule has 6 heteroatoms. The highest BCUT2D eigenvalue weighted by Gasteiger charge is 2.46. The van der Waals surface area contributed by atoms with Crippen LogP contribution in [0.5, 0.6) is 0 Å². The molecule has 0 radical (unpaired) electrons. The second kappa shape index (κ2) is 3.83. The van der Waals surface area contributed by atoms with Crippen molar-refractivity contribution in [3.05, 3.63) is 11.9 Å². The van der Waals surface area contributed by atoms with Crippen LogP contribution in [0.2, 0.25) is 0 Å². The minimum atomic E-state index is -0.426. The van der Waals surface area contributed by atoms with Gasteiger partial charge in [0.25, 0.3) is 0 Å². The average Bonchev–Trinajstić information content (AvgIpc) is 2.88. The topological polar surface area (TPSA) is 80.5 Å². The first-order valence-corrected chi connectivity index (χ1v) is 6.20.